The fraction of sp³-hybridized carbons (Fsp3) is 0.619. The van der Waals surface area contributed by atoms with Crippen LogP contribution in [0.25, 0.3) is 0 Å². The molecule has 2 aliphatic heterocycles. The van der Waals surface area contributed by atoms with Crippen LogP contribution in [-0.4, -0.2) is 42.1 Å². The predicted molar refractivity (Wildman–Crippen MR) is 97.0 cm³/mol. The normalized spacial score (nSPS) is 32.7. The minimum absolute atomic E-state index is 0.0542. The van der Waals surface area contributed by atoms with Gasteiger partial charge in [-0.05, 0) is 55.7 Å². The molecule has 2 saturated carbocycles. The van der Waals surface area contributed by atoms with Crippen LogP contribution in [0.15, 0.2) is 24.3 Å². The number of ether oxygens (including phenoxy) is 1. The summed E-state index contributed by atoms with van der Waals surface area (Å²) in [6.45, 7) is 1.80. The maximum absolute atomic E-state index is 12.8. The Kier molecular flexibility index (Phi) is 3.96. The molecule has 2 spiro atoms. The molecule has 156 valence electrons. The number of benzene rings is 1. The molecule has 0 bridgehead atoms. The van der Waals surface area contributed by atoms with E-state index in [1.54, 1.807) is 12.1 Å². The van der Waals surface area contributed by atoms with Crippen molar-refractivity contribution in [2.24, 2.45) is 11.3 Å². The summed E-state index contributed by atoms with van der Waals surface area (Å²) >= 11 is 0. The zero-order chi connectivity index (χ0) is 20.4. The zero-order valence-electron chi connectivity index (χ0n) is 15.9. The van der Waals surface area contributed by atoms with E-state index < -0.39 is 17.8 Å². The molecular formula is C21H23F3N2O3. The molecule has 4 fully saturated rings. The molecule has 2 saturated heterocycles. The first kappa shape index (κ1) is 18.8. The van der Waals surface area contributed by atoms with E-state index in [-0.39, 0.29) is 28.7 Å². The number of cyclic esters (lactones) is 1. The van der Waals surface area contributed by atoms with Crippen molar-refractivity contribution < 1.29 is 27.5 Å². The third kappa shape index (κ3) is 3.16. The molecule has 1 N–H and O–H groups in total. The monoisotopic (exact) mass is 408 g/mol. The molecule has 0 radical (unpaired) electrons. The van der Waals surface area contributed by atoms with Crippen molar-refractivity contribution in [3.63, 3.8) is 0 Å². The number of nitrogens with zero attached hydrogens (tertiary/aromatic N) is 1. The molecule has 0 aromatic heterocycles. The van der Waals surface area contributed by atoms with Crippen molar-refractivity contribution in [2.45, 2.75) is 49.7 Å². The van der Waals surface area contributed by atoms with Gasteiger partial charge in [-0.1, -0.05) is 12.1 Å². The quantitative estimate of drug-likeness (QED) is 0.812. The van der Waals surface area contributed by atoms with Crippen molar-refractivity contribution >= 4 is 12.0 Å². The van der Waals surface area contributed by atoms with Crippen LogP contribution in [0.3, 0.4) is 0 Å². The number of likely N-dealkylation sites (tertiary alicyclic amines) is 1. The lowest BCUT2D eigenvalue weighted by Gasteiger charge is -2.52. The molecule has 2 aliphatic carbocycles. The largest absolute Gasteiger partial charge is 0.447 e. The fourth-order valence-corrected chi connectivity index (χ4v) is 5.67. The Labute approximate surface area is 166 Å². The first-order valence-electron chi connectivity index (χ1n) is 10.1. The Balaban J connectivity index is 1.14. The first-order valence-corrected chi connectivity index (χ1v) is 10.1. The highest BCUT2D eigenvalue weighted by Gasteiger charge is 2.56. The lowest BCUT2D eigenvalue weighted by molar-refractivity contribution is -0.153. The molecule has 8 heteroatoms. The smallest absolute Gasteiger partial charge is 0.416 e. The molecule has 2 amide bonds. The van der Waals surface area contributed by atoms with Gasteiger partial charge in [-0.15, -0.1) is 0 Å². The van der Waals surface area contributed by atoms with Crippen LogP contribution in [-0.2, 0) is 15.7 Å². The number of nitrogens with one attached hydrogen (secondary N) is 1. The second kappa shape index (κ2) is 6.12. The van der Waals surface area contributed by atoms with Gasteiger partial charge in [0.05, 0.1) is 11.1 Å². The number of carbonyl (C=O) groups excluding carboxylic acids is 2. The molecule has 5 nitrogen and oxygen atoms in total. The second-order valence-electron chi connectivity index (χ2n) is 9.34. The molecule has 5 rings (SSSR count). The number of alkyl halides is 3. The van der Waals surface area contributed by atoms with Gasteiger partial charge < -0.3 is 15.0 Å². The molecule has 2 heterocycles. The summed E-state index contributed by atoms with van der Waals surface area (Å²) in [5.41, 5.74) is 0.102. The van der Waals surface area contributed by atoms with E-state index in [2.05, 4.69) is 5.32 Å². The first-order chi connectivity index (χ1) is 13.7. The van der Waals surface area contributed by atoms with E-state index >= 15 is 0 Å². The molecule has 1 aromatic carbocycles. The van der Waals surface area contributed by atoms with E-state index in [1.165, 1.54) is 0 Å². The van der Waals surface area contributed by atoms with Gasteiger partial charge in [-0.2, -0.15) is 13.2 Å². The van der Waals surface area contributed by atoms with Gasteiger partial charge in [0.2, 0.25) is 5.91 Å². The molecule has 1 unspecified atom stereocenters. The van der Waals surface area contributed by atoms with E-state index in [9.17, 15) is 22.8 Å². The molecule has 4 aliphatic rings. The van der Waals surface area contributed by atoms with Gasteiger partial charge in [0, 0.05) is 24.4 Å². The third-order valence-corrected chi connectivity index (χ3v) is 7.25. The number of alkyl carbamates (subject to hydrolysis) is 1. The Morgan fingerprint density at radius 3 is 2.41 bits per heavy atom. The second-order valence-corrected chi connectivity index (χ2v) is 9.34. The summed E-state index contributed by atoms with van der Waals surface area (Å²) in [5, 5.41) is 2.81. The third-order valence-electron chi connectivity index (χ3n) is 7.25. The van der Waals surface area contributed by atoms with Crippen molar-refractivity contribution in [3.8, 4) is 0 Å². The summed E-state index contributed by atoms with van der Waals surface area (Å²) < 4.78 is 43.2. The van der Waals surface area contributed by atoms with Crippen LogP contribution < -0.4 is 5.32 Å². The molecule has 1 atom stereocenters. The minimum atomic E-state index is -4.31. The van der Waals surface area contributed by atoms with Crippen molar-refractivity contribution in [2.75, 3.05) is 19.7 Å². The van der Waals surface area contributed by atoms with Crippen LogP contribution in [0, 0.1) is 11.3 Å². The Morgan fingerprint density at radius 1 is 1.14 bits per heavy atom. The Morgan fingerprint density at radius 2 is 1.83 bits per heavy atom. The maximum atomic E-state index is 12.8. The average Bonchev–Trinajstić information content (AvgIpc) is 3.22. The standard InChI is InChI=1S/C21H23F3N2O3/c22-21(23,24)16-3-1-13(2-4-16)14-5-6-19(7-14)10-26(11-19)17(27)15-8-20(9-15)12-29-18(28)25-20/h1-4,14-15H,5-12H2,(H,25,28)/t14?,15-,20+. The Hall–Kier alpha value is -2.25. The van der Waals surface area contributed by atoms with Gasteiger partial charge >= 0.3 is 12.3 Å². The van der Waals surface area contributed by atoms with Crippen LogP contribution in [0.2, 0.25) is 0 Å². The zero-order valence-corrected chi connectivity index (χ0v) is 15.9. The average molecular weight is 408 g/mol. The summed E-state index contributed by atoms with van der Waals surface area (Å²) in [5.74, 6) is 0.356. The van der Waals surface area contributed by atoms with E-state index in [1.807, 2.05) is 4.90 Å². The van der Waals surface area contributed by atoms with E-state index in [4.69, 9.17) is 4.74 Å². The summed E-state index contributed by atoms with van der Waals surface area (Å²) in [6.07, 6.45) is -0.577. The molecular weight excluding hydrogens is 385 g/mol. The predicted octanol–water partition coefficient (Wildman–Crippen LogP) is 3.69. The number of hydrogen-bond acceptors (Lipinski definition) is 3. The van der Waals surface area contributed by atoms with Crippen molar-refractivity contribution in [1.29, 1.82) is 0 Å². The van der Waals surface area contributed by atoms with Gasteiger partial charge in [0.25, 0.3) is 0 Å². The highest BCUT2D eigenvalue weighted by molar-refractivity contribution is 5.82. The maximum Gasteiger partial charge on any atom is 0.416 e. The topological polar surface area (TPSA) is 58.6 Å². The molecule has 1 aromatic rings. The lowest BCUT2D eigenvalue weighted by Crippen LogP contribution is -2.63. The number of hydrogen-bond donors (Lipinski definition) is 1. The summed E-state index contributed by atoms with van der Waals surface area (Å²) in [4.78, 5) is 25.9. The van der Waals surface area contributed by atoms with Gasteiger partial charge in [-0.25, -0.2) is 4.79 Å². The van der Waals surface area contributed by atoms with E-state index in [0.29, 0.717) is 19.4 Å². The van der Waals surface area contributed by atoms with Gasteiger partial charge in [0.1, 0.15) is 6.61 Å². The number of carbonyl (C=O) groups is 2. The Bertz CT molecular complexity index is 840. The van der Waals surface area contributed by atoms with Gasteiger partial charge in [-0.3, -0.25) is 4.79 Å². The fourth-order valence-electron chi connectivity index (χ4n) is 5.67. The van der Waals surface area contributed by atoms with Crippen LogP contribution in [0.1, 0.15) is 49.1 Å². The van der Waals surface area contributed by atoms with Crippen LogP contribution >= 0.6 is 0 Å². The van der Waals surface area contributed by atoms with E-state index in [0.717, 1.165) is 50.0 Å². The van der Waals surface area contributed by atoms with Crippen LogP contribution in [0.4, 0.5) is 18.0 Å². The number of rotatable bonds is 2. The number of halogens is 3. The summed E-state index contributed by atoms with van der Waals surface area (Å²) in [6, 6.07) is 5.52. The lowest BCUT2D eigenvalue weighted by atomic mass is 9.67. The van der Waals surface area contributed by atoms with Crippen molar-refractivity contribution in [1.82, 2.24) is 10.2 Å². The number of amides is 2. The van der Waals surface area contributed by atoms with Gasteiger partial charge in [0.15, 0.2) is 0 Å². The minimum Gasteiger partial charge on any atom is -0.447 e. The SMILES string of the molecule is O=C1N[C@]2(CO1)C[C@H](C(=O)N1CC3(CCC(c4ccc(C(F)(F)F)cc4)C3)C1)C2. The van der Waals surface area contributed by atoms with Crippen molar-refractivity contribution in [3.05, 3.63) is 35.4 Å². The highest BCUT2D eigenvalue weighted by Crippen LogP contribution is 2.53. The summed E-state index contributed by atoms with van der Waals surface area (Å²) in [7, 11) is 0. The highest BCUT2D eigenvalue weighted by atomic mass is 19.4. The van der Waals surface area contributed by atoms with Crippen LogP contribution in [0.5, 0.6) is 0 Å². The molecule has 29 heavy (non-hydrogen) atoms.